The first kappa shape index (κ1) is 25.7. The number of thiol groups is 3. The van der Waals surface area contributed by atoms with Gasteiger partial charge in [-0.15, -0.1) is 0 Å². The van der Waals surface area contributed by atoms with Crippen molar-refractivity contribution in [3.05, 3.63) is 60.7 Å². The monoisotopic (exact) mass is 416 g/mol. The molecule has 0 radical (unpaired) electrons. The highest BCUT2D eigenvalue weighted by atomic mass is 32.1. The van der Waals surface area contributed by atoms with Gasteiger partial charge in [-0.25, -0.2) is 14.4 Å². The van der Waals surface area contributed by atoms with Crippen LogP contribution in [0.1, 0.15) is 0 Å². The van der Waals surface area contributed by atoms with Crippen molar-refractivity contribution in [2.24, 2.45) is 10.2 Å². The van der Waals surface area contributed by atoms with E-state index in [-0.39, 0.29) is 0 Å². The van der Waals surface area contributed by atoms with Crippen LogP contribution in [0.2, 0.25) is 0 Å². The molecule has 0 spiro atoms. The molecule has 0 heterocycles. The minimum atomic E-state index is -1.14. The normalized spacial score (nSPS) is 8.58. The first-order valence-electron chi connectivity index (χ1n) is 6.42. The molecular weight excluding hydrogens is 400 g/mol. The predicted molar refractivity (Wildman–Crippen MR) is 108 cm³/mol. The Morgan fingerprint density at radius 2 is 0.769 bits per heavy atom. The van der Waals surface area contributed by atoms with Crippen LogP contribution in [0.5, 0.6) is 0 Å². The molecule has 0 aromatic heterocycles. The predicted octanol–water partition coefficient (Wildman–Crippen LogP) is 5.88. The molecule has 0 amide bonds. The van der Waals surface area contributed by atoms with E-state index in [1.54, 1.807) is 0 Å². The van der Waals surface area contributed by atoms with Crippen molar-refractivity contribution in [2.45, 2.75) is 0 Å². The van der Waals surface area contributed by atoms with E-state index in [0.29, 0.717) is 0 Å². The Hall–Kier alpha value is -2.50. The van der Waals surface area contributed by atoms with Crippen LogP contribution in [0.4, 0.5) is 25.8 Å². The van der Waals surface area contributed by atoms with E-state index in [1.807, 2.05) is 60.7 Å². The van der Waals surface area contributed by atoms with Crippen molar-refractivity contribution < 1.29 is 29.7 Å². The van der Waals surface area contributed by atoms with Crippen LogP contribution in [0.15, 0.2) is 70.9 Å². The van der Waals surface area contributed by atoms with Gasteiger partial charge in [-0.1, -0.05) is 74.3 Å². The van der Waals surface area contributed by atoms with Crippen LogP contribution >= 0.6 is 37.9 Å². The Bertz CT molecular complexity index is 602. The molecule has 0 fully saturated rings. The van der Waals surface area contributed by atoms with Crippen LogP contribution in [-0.4, -0.2) is 31.2 Å². The van der Waals surface area contributed by atoms with Gasteiger partial charge < -0.3 is 15.3 Å². The summed E-state index contributed by atoms with van der Waals surface area (Å²) in [5, 5.41) is 26.6. The number of benzene rings is 2. The highest BCUT2D eigenvalue weighted by Gasteiger charge is 1.86. The minimum Gasteiger partial charge on any atom is -0.473 e. The minimum absolute atomic E-state index is 0.872. The first-order chi connectivity index (χ1) is 12.1. The van der Waals surface area contributed by atoms with Gasteiger partial charge >= 0.3 is 15.9 Å². The molecule has 0 saturated heterocycles. The van der Waals surface area contributed by atoms with E-state index in [4.69, 9.17) is 29.7 Å². The lowest BCUT2D eigenvalue weighted by molar-refractivity contribution is 0.221. The third-order valence-corrected chi connectivity index (χ3v) is 1.79. The molecule has 140 valence electrons. The maximum atomic E-state index is 8.86. The summed E-state index contributed by atoms with van der Waals surface area (Å²) in [5.74, 6) is 0. The largest absolute Gasteiger partial charge is 0.473 e. The van der Waals surface area contributed by atoms with E-state index in [9.17, 15) is 0 Å². The Kier molecular flexibility index (Phi) is 17.2. The molecule has 0 unspecified atom stereocenters. The SMILES string of the molecule is O=C(O)S.O=C(O)S.O=C(O)S.c1ccc(N=Nc2ccccc2)cc1. The summed E-state index contributed by atoms with van der Waals surface area (Å²) >= 11 is 8.65. The van der Waals surface area contributed by atoms with Gasteiger partial charge in [0, 0.05) is 0 Å². The molecule has 0 saturated carbocycles. The van der Waals surface area contributed by atoms with Gasteiger partial charge in [0.25, 0.3) is 0 Å². The number of hydrogen-bond acceptors (Lipinski definition) is 5. The Morgan fingerprint density at radius 1 is 0.577 bits per heavy atom. The van der Waals surface area contributed by atoms with Gasteiger partial charge in [0.05, 0.1) is 11.4 Å². The number of carbonyl (C=O) groups is 3. The van der Waals surface area contributed by atoms with Crippen LogP contribution in [-0.2, 0) is 0 Å². The summed E-state index contributed by atoms with van der Waals surface area (Å²) in [7, 11) is 0. The zero-order chi connectivity index (χ0) is 20.4. The van der Waals surface area contributed by atoms with Crippen molar-refractivity contribution in [1.29, 1.82) is 0 Å². The summed E-state index contributed by atoms with van der Waals surface area (Å²) in [4.78, 5) is 26.6. The van der Waals surface area contributed by atoms with E-state index in [2.05, 4.69) is 48.1 Å². The van der Waals surface area contributed by atoms with Gasteiger partial charge in [-0.2, -0.15) is 10.2 Å². The third kappa shape index (κ3) is 26.4. The molecule has 0 aliphatic carbocycles. The average molecular weight is 417 g/mol. The van der Waals surface area contributed by atoms with E-state index < -0.39 is 15.9 Å². The Balaban J connectivity index is 0. The van der Waals surface area contributed by atoms with Crippen LogP contribution in [0.3, 0.4) is 0 Å². The van der Waals surface area contributed by atoms with Crippen molar-refractivity contribution in [1.82, 2.24) is 0 Å². The van der Waals surface area contributed by atoms with Crippen molar-refractivity contribution in [3.8, 4) is 0 Å². The number of rotatable bonds is 2. The summed E-state index contributed by atoms with van der Waals surface area (Å²) in [6.07, 6.45) is 0. The molecule has 0 bridgehead atoms. The van der Waals surface area contributed by atoms with E-state index in [0.717, 1.165) is 11.4 Å². The molecule has 3 N–H and O–H groups in total. The maximum absolute atomic E-state index is 8.86. The van der Waals surface area contributed by atoms with Gasteiger partial charge in [-0.3, -0.25) is 0 Å². The second-order valence-electron chi connectivity index (χ2n) is 3.72. The van der Waals surface area contributed by atoms with Gasteiger partial charge in [-0.05, 0) is 24.3 Å². The van der Waals surface area contributed by atoms with Crippen LogP contribution in [0.25, 0.3) is 0 Å². The molecule has 8 nitrogen and oxygen atoms in total. The van der Waals surface area contributed by atoms with Crippen molar-refractivity contribution >= 4 is 65.2 Å². The van der Waals surface area contributed by atoms with Gasteiger partial charge in [0.15, 0.2) is 0 Å². The summed E-state index contributed by atoms with van der Waals surface area (Å²) in [6, 6.07) is 19.4. The molecule has 2 rings (SSSR count). The Labute approximate surface area is 165 Å². The lowest BCUT2D eigenvalue weighted by Crippen LogP contribution is -1.67. The lowest BCUT2D eigenvalue weighted by Gasteiger charge is -1.91. The topological polar surface area (TPSA) is 137 Å². The number of carboxylic acid groups (broad SMARTS) is 3. The molecule has 0 aliphatic rings. The fourth-order valence-corrected chi connectivity index (χ4v) is 1.10. The second kappa shape index (κ2) is 17.3. The second-order valence-corrected chi connectivity index (χ2v) is 4.87. The maximum Gasteiger partial charge on any atom is 0.361 e. The van der Waals surface area contributed by atoms with Crippen molar-refractivity contribution in [2.75, 3.05) is 0 Å². The number of hydrogen-bond donors (Lipinski definition) is 6. The van der Waals surface area contributed by atoms with Gasteiger partial charge in [0.2, 0.25) is 0 Å². The zero-order valence-electron chi connectivity index (χ0n) is 13.1. The quantitative estimate of drug-likeness (QED) is 0.267. The molecule has 11 heteroatoms. The average Bonchev–Trinajstić information content (AvgIpc) is 2.53. The first-order valence-corrected chi connectivity index (χ1v) is 7.76. The zero-order valence-corrected chi connectivity index (χ0v) is 15.8. The number of nitrogens with zero attached hydrogens (tertiary/aromatic N) is 2. The molecule has 0 atom stereocenters. The van der Waals surface area contributed by atoms with E-state index >= 15 is 0 Å². The van der Waals surface area contributed by atoms with Gasteiger partial charge in [0.1, 0.15) is 0 Å². The lowest BCUT2D eigenvalue weighted by atomic mass is 10.3. The summed E-state index contributed by atoms with van der Waals surface area (Å²) in [6.45, 7) is 0. The molecule has 0 aliphatic heterocycles. The fraction of sp³-hybridized carbons (Fsp3) is 0. The van der Waals surface area contributed by atoms with Crippen LogP contribution < -0.4 is 0 Å². The fourth-order valence-electron chi connectivity index (χ4n) is 1.10. The molecular formula is C15H16N2O6S3. The smallest absolute Gasteiger partial charge is 0.361 e. The molecule has 2 aromatic rings. The number of azo groups is 1. The Morgan fingerprint density at radius 3 is 0.962 bits per heavy atom. The summed E-state index contributed by atoms with van der Waals surface area (Å²) < 4.78 is 0. The summed E-state index contributed by atoms with van der Waals surface area (Å²) in [5.41, 5.74) is 1.74. The van der Waals surface area contributed by atoms with Crippen LogP contribution in [0, 0.1) is 0 Å². The molecule has 2 aromatic carbocycles. The third-order valence-electron chi connectivity index (χ3n) is 1.79. The van der Waals surface area contributed by atoms with Crippen molar-refractivity contribution in [3.63, 3.8) is 0 Å². The van der Waals surface area contributed by atoms with E-state index in [1.165, 1.54) is 0 Å². The highest BCUT2D eigenvalue weighted by Crippen LogP contribution is 2.16. The molecule has 26 heavy (non-hydrogen) atoms. The standard InChI is InChI=1S/C12H10N2.3CH2O2S/c1-3-7-11(8-4-1)13-14-12-9-5-2-6-10-12;3*2-1(3)4/h1-10H;3*4H,(H,2,3). The highest BCUT2D eigenvalue weighted by molar-refractivity contribution is 7.96.